The highest BCUT2D eigenvalue weighted by molar-refractivity contribution is 7.99. The van der Waals surface area contributed by atoms with Gasteiger partial charge in [0.25, 0.3) is 0 Å². The summed E-state index contributed by atoms with van der Waals surface area (Å²) in [6, 6.07) is 11.8. The maximum atomic E-state index is 11.0. The standard InChI is InChI=1S/C14H21N3OS.C10H8ClN3O.CH5N/c1-3-8-19-13-9-14(17-6-4-5-7-17)15-10-12(13)16(2)11-18;11-10-12-9(7-15)13-14(10)6-8-4-2-1-3-5-8;1-2/h9-11H,3-8H2,1-2H3;1-5,7H,6H2;2H2,1H3. The molecule has 3 heterocycles. The van der Waals surface area contributed by atoms with Crippen LogP contribution in [0.4, 0.5) is 11.5 Å². The van der Waals surface area contributed by atoms with Crippen molar-refractivity contribution < 1.29 is 9.59 Å². The molecule has 1 aromatic carbocycles. The third-order valence-electron chi connectivity index (χ3n) is 5.19. The van der Waals surface area contributed by atoms with Crippen molar-refractivity contribution in [3.8, 4) is 0 Å². The lowest BCUT2D eigenvalue weighted by molar-refractivity contribution is -0.107. The van der Waals surface area contributed by atoms with E-state index in [0.717, 1.165) is 53.6 Å². The van der Waals surface area contributed by atoms with E-state index in [9.17, 15) is 9.59 Å². The second-order valence-corrected chi connectivity index (χ2v) is 9.24. The summed E-state index contributed by atoms with van der Waals surface area (Å²) in [7, 11) is 3.27. The number of nitrogens with zero attached hydrogens (tertiary/aromatic N) is 6. The summed E-state index contributed by atoms with van der Waals surface area (Å²) in [6.07, 6.45) is 6.84. The lowest BCUT2D eigenvalue weighted by atomic mass is 10.2. The van der Waals surface area contributed by atoms with Crippen molar-refractivity contribution in [2.75, 3.05) is 42.7 Å². The first kappa shape index (κ1) is 29.3. The van der Waals surface area contributed by atoms with Crippen LogP contribution in [-0.2, 0) is 11.3 Å². The number of hydrogen-bond acceptors (Lipinski definition) is 8. The van der Waals surface area contributed by atoms with Gasteiger partial charge in [-0.2, -0.15) is 4.98 Å². The molecule has 36 heavy (non-hydrogen) atoms. The topological polar surface area (TPSA) is 110 Å². The Morgan fingerprint density at radius 2 is 1.86 bits per heavy atom. The Kier molecular flexibility index (Phi) is 13.0. The monoisotopic (exact) mass is 531 g/mol. The lowest BCUT2D eigenvalue weighted by Crippen LogP contribution is -2.20. The molecule has 1 aliphatic heterocycles. The van der Waals surface area contributed by atoms with Gasteiger partial charge in [-0.15, -0.1) is 16.9 Å². The molecule has 194 valence electrons. The molecule has 4 rings (SSSR count). The van der Waals surface area contributed by atoms with Crippen LogP contribution in [0.15, 0.2) is 47.5 Å². The molecule has 0 radical (unpaired) electrons. The van der Waals surface area contributed by atoms with Gasteiger partial charge in [-0.3, -0.25) is 9.59 Å². The van der Waals surface area contributed by atoms with E-state index in [2.05, 4.69) is 38.7 Å². The maximum absolute atomic E-state index is 11.0. The third kappa shape index (κ3) is 8.61. The van der Waals surface area contributed by atoms with Crippen molar-refractivity contribution in [2.24, 2.45) is 5.73 Å². The fourth-order valence-corrected chi connectivity index (χ4v) is 4.58. The Morgan fingerprint density at radius 3 is 2.44 bits per heavy atom. The number of thioether (sulfide) groups is 1. The van der Waals surface area contributed by atoms with Crippen LogP contribution >= 0.6 is 23.4 Å². The summed E-state index contributed by atoms with van der Waals surface area (Å²) >= 11 is 7.60. The number of carbonyl (C=O) groups excluding carboxylic acids is 2. The lowest BCUT2D eigenvalue weighted by Gasteiger charge is -2.20. The highest BCUT2D eigenvalue weighted by atomic mass is 35.5. The second-order valence-electron chi connectivity index (χ2n) is 7.77. The molecule has 11 heteroatoms. The van der Waals surface area contributed by atoms with Gasteiger partial charge in [0.05, 0.1) is 18.4 Å². The van der Waals surface area contributed by atoms with Gasteiger partial charge in [0.2, 0.25) is 17.5 Å². The van der Waals surface area contributed by atoms with Crippen LogP contribution < -0.4 is 15.5 Å². The van der Waals surface area contributed by atoms with E-state index >= 15 is 0 Å². The highest BCUT2D eigenvalue weighted by Crippen LogP contribution is 2.32. The number of aromatic nitrogens is 4. The number of pyridine rings is 1. The molecule has 0 spiro atoms. The molecule has 2 N–H and O–H groups in total. The average molecular weight is 532 g/mol. The smallest absolute Gasteiger partial charge is 0.221 e. The van der Waals surface area contributed by atoms with Crippen LogP contribution in [-0.4, -0.2) is 65.4 Å². The zero-order chi connectivity index (χ0) is 26.3. The van der Waals surface area contributed by atoms with Crippen molar-refractivity contribution in [3.05, 3.63) is 59.3 Å². The number of benzene rings is 1. The first-order valence-electron chi connectivity index (χ1n) is 11.8. The molecule has 1 amide bonds. The van der Waals surface area contributed by atoms with Gasteiger partial charge in [0.1, 0.15) is 5.82 Å². The molecule has 1 saturated heterocycles. The first-order chi connectivity index (χ1) is 17.5. The largest absolute Gasteiger partial charge is 0.357 e. The van der Waals surface area contributed by atoms with Crippen LogP contribution in [0.2, 0.25) is 5.28 Å². The number of halogens is 1. The molecule has 1 fully saturated rings. The molecule has 2 aromatic heterocycles. The number of aldehydes is 1. The van der Waals surface area contributed by atoms with Gasteiger partial charge < -0.3 is 15.5 Å². The van der Waals surface area contributed by atoms with E-state index in [-0.39, 0.29) is 11.1 Å². The summed E-state index contributed by atoms with van der Waals surface area (Å²) in [5.74, 6) is 2.21. The van der Waals surface area contributed by atoms with Crippen LogP contribution in [0.5, 0.6) is 0 Å². The first-order valence-corrected chi connectivity index (χ1v) is 13.1. The van der Waals surface area contributed by atoms with Gasteiger partial charge in [0.15, 0.2) is 6.29 Å². The molecule has 0 atom stereocenters. The number of anilines is 2. The summed E-state index contributed by atoms with van der Waals surface area (Å²) in [5.41, 5.74) is 6.46. The Balaban J connectivity index is 0.000000243. The van der Waals surface area contributed by atoms with Crippen LogP contribution in [0, 0.1) is 0 Å². The van der Waals surface area contributed by atoms with E-state index in [1.807, 2.05) is 36.5 Å². The maximum Gasteiger partial charge on any atom is 0.221 e. The van der Waals surface area contributed by atoms with Gasteiger partial charge in [-0.05, 0) is 55.3 Å². The molecule has 0 bridgehead atoms. The van der Waals surface area contributed by atoms with Gasteiger partial charge in [0, 0.05) is 25.0 Å². The summed E-state index contributed by atoms with van der Waals surface area (Å²) in [4.78, 5) is 34.7. The van der Waals surface area contributed by atoms with Crippen molar-refractivity contribution in [3.63, 3.8) is 0 Å². The fraction of sp³-hybridized carbons (Fsp3) is 0.400. The van der Waals surface area contributed by atoms with Crippen molar-refractivity contribution in [1.82, 2.24) is 19.7 Å². The molecule has 3 aromatic rings. The summed E-state index contributed by atoms with van der Waals surface area (Å²) in [6.45, 7) is 4.86. The Morgan fingerprint density at radius 1 is 1.17 bits per heavy atom. The highest BCUT2D eigenvalue weighted by Gasteiger charge is 2.16. The van der Waals surface area contributed by atoms with Gasteiger partial charge in [-0.1, -0.05) is 37.3 Å². The SMILES string of the molecule is CCCSc1cc(N2CCCC2)ncc1N(C)C=O.CN.O=Cc1nc(Cl)n(Cc2ccccc2)n1. The fourth-order valence-electron chi connectivity index (χ4n) is 3.43. The van der Waals surface area contributed by atoms with E-state index in [4.69, 9.17) is 11.6 Å². The third-order valence-corrected chi connectivity index (χ3v) is 6.72. The number of nitrogens with two attached hydrogens (primary N) is 1. The average Bonchev–Trinajstić information content (AvgIpc) is 3.59. The number of carbonyl (C=O) groups is 2. The van der Waals surface area contributed by atoms with E-state index < -0.39 is 0 Å². The molecule has 1 aliphatic rings. The minimum atomic E-state index is 0.107. The number of rotatable bonds is 9. The van der Waals surface area contributed by atoms with Gasteiger partial charge in [-0.25, -0.2) is 9.67 Å². The molecular weight excluding hydrogens is 498 g/mol. The molecule has 9 nitrogen and oxygen atoms in total. The number of amides is 1. The van der Waals surface area contributed by atoms with Crippen LogP contribution in [0.1, 0.15) is 42.4 Å². The van der Waals surface area contributed by atoms with Crippen molar-refractivity contribution in [2.45, 2.75) is 37.6 Å². The molecule has 0 aliphatic carbocycles. The zero-order valence-electron chi connectivity index (χ0n) is 21.0. The Hall–Kier alpha value is -2.95. The molecule has 0 saturated carbocycles. The summed E-state index contributed by atoms with van der Waals surface area (Å²) in [5, 5.41) is 4.15. The van der Waals surface area contributed by atoms with Crippen LogP contribution in [0.25, 0.3) is 0 Å². The molecule has 0 unspecified atom stereocenters. The van der Waals surface area contributed by atoms with E-state index in [0.29, 0.717) is 12.8 Å². The Labute approximate surface area is 222 Å². The quantitative estimate of drug-likeness (QED) is 0.324. The van der Waals surface area contributed by atoms with E-state index in [1.54, 1.807) is 23.7 Å². The predicted octanol–water partition coefficient (Wildman–Crippen LogP) is 4.14. The van der Waals surface area contributed by atoms with Crippen molar-refractivity contribution in [1.29, 1.82) is 0 Å². The number of hydrogen-bond donors (Lipinski definition) is 1. The minimum Gasteiger partial charge on any atom is -0.357 e. The minimum absolute atomic E-state index is 0.107. The normalized spacial score (nSPS) is 12.2. The van der Waals surface area contributed by atoms with Gasteiger partial charge >= 0.3 is 0 Å². The van der Waals surface area contributed by atoms with E-state index in [1.165, 1.54) is 24.6 Å². The molecular formula is C25H34ClN7O2S. The predicted molar refractivity (Wildman–Crippen MR) is 147 cm³/mol. The zero-order valence-corrected chi connectivity index (χ0v) is 22.6. The van der Waals surface area contributed by atoms with Crippen LogP contribution in [0.3, 0.4) is 0 Å². The Bertz CT molecular complexity index is 1080. The summed E-state index contributed by atoms with van der Waals surface area (Å²) < 4.78 is 1.49. The second kappa shape index (κ2) is 15.9. The van der Waals surface area contributed by atoms with Crippen molar-refractivity contribution >= 4 is 47.6 Å².